The van der Waals surface area contributed by atoms with Crippen LogP contribution in [-0.2, 0) is 26.1 Å². The summed E-state index contributed by atoms with van der Waals surface area (Å²) in [7, 11) is -3.82. The molecule has 10 heteroatoms. The molecule has 1 aromatic carbocycles. The van der Waals surface area contributed by atoms with Crippen LogP contribution < -0.4 is 5.48 Å². The van der Waals surface area contributed by atoms with Crippen molar-refractivity contribution in [3.05, 3.63) is 89.6 Å². The fourth-order valence-electron chi connectivity index (χ4n) is 3.88. The minimum atomic E-state index is -3.82. The van der Waals surface area contributed by atoms with Gasteiger partial charge in [0.05, 0.1) is 13.2 Å². The van der Waals surface area contributed by atoms with Crippen LogP contribution in [0.2, 0.25) is 0 Å². The molecular weight excluding hydrogens is 486 g/mol. The van der Waals surface area contributed by atoms with Crippen LogP contribution in [-0.4, -0.2) is 54.7 Å². The summed E-state index contributed by atoms with van der Waals surface area (Å²) in [6.07, 6.45) is 6.78. The largest absolute Gasteiger partial charge is 0.379 e. The number of nitrogens with one attached hydrogen (secondary N) is 1. The summed E-state index contributed by atoms with van der Waals surface area (Å²) in [5.74, 6) is -0.704. The molecule has 1 aliphatic heterocycles. The Labute approximate surface area is 208 Å². The SMILES string of the molecule is C=CC(c1ccc(-c2cccc(CN3CCOCC3)c2)s1)S(=O)(=O)n1ccc(/C=C/C(=O)NO)c1. The Morgan fingerprint density at radius 2 is 2.03 bits per heavy atom. The molecule has 1 aliphatic rings. The summed E-state index contributed by atoms with van der Waals surface area (Å²) < 4.78 is 33.2. The van der Waals surface area contributed by atoms with E-state index in [-0.39, 0.29) is 0 Å². The Hall–Kier alpha value is -3.02. The summed E-state index contributed by atoms with van der Waals surface area (Å²) in [6, 6.07) is 13.6. The lowest BCUT2D eigenvalue weighted by atomic mass is 10.1. The van der Waals surface area contributed by atoms with E-state index in [9.17, 15) is 13.2 Å². The minimum Gasteiger partial charge on any atom is -0.379 e. The highest BCUT2D eigenvalue weighted by atomic mass is 32.2. The van der Waals surface area contributed by atoms with Gasteiger partial charge >= 0.3 is 0 Å². The monoisotopic (exact) mass is 513 g/mol. The molecule has 4 rings (SSSR count). The van der Waals surface area contributed by atoms with Gasteiger partial charge in [-0.3, -0.25) is 18.9 Å². The van der Waals surface area contributed by atoms with Gasteiger partial charge < -0.3 is 4.74 Å². The number of amides is 1. The molecule has 1 unspecified atom stereocenters. The number of hydrogen-bond acceptors (Lipinski definition) is 7. The normalized spacial score (nSPS) is 15.8. The lowest BCUT2D eigenvalue weighted by Crippen LogP contribution is -2.35. The lowest BCUT2D eigenvalue weighted by Gasteiger charge is -2.26. The first-order chi connectivity index (χ1) is 16.9. The third-order valence-electron chi connectivity index (χ3n) is 5.68. The Balaban J connectivity index is 1.53. The van der Waals surface area contributed by atoms with Gasteiger partial charge in [0, 0.05) is 47.9 Å². The van der Waals surface area contributed by atoms with E-state index in [1.54, 1.807) is 6.07 Å². The number of carbonyl (C=O) groups is 1. The maximum absolute atomic E-state index is 13.3. The Morgan fingerprint density at radius 3 is 2.77 bits per heavy atom. The number of aromatic nitrogens is 1. The van der Waals surface area contributed by atoms with Crippen molar-refractivity contribution in [2.75, 3.05) is 26.3 Å². The molecule has 1 saturated heterocycles. The molecule has 2 N–H and O–H groups in total. The lowest BCUT2D eigenvalue weighted by molar-refractivity contribution is -0.124. The van der Waals surface area contributed by atoms with Crippen molar-refractivity contribution in [2.24, 2.45) is 0 Å². The summed E-state index contributed by atoms with van der Waals surface area (Å²) in [5.41, 5.74) is 4.24. The van der Waals surface area contributed by atoms with Gasteiger partial charge in [-0.25, -0.2) is 13.9 Å². The number of nitrogens with zero attached hydrogens (tertiary/aromatic N) is 2. The molecule has 0 spiro atoms. The number of ether oxygens (including phenoxy) is 1. The van der Waals surface area contributed by atoms with E-state index in [1.807, 2.05) is 24.3 Å². The molecule has 0 aliphatic carbocycles. The standard InChI is InChI=1S/C25H27N3O5S2/c1-2-24(35(31,32)28-11-10-19(18-28)6-9-25(29)26-30)23-8-7-22(34-23)21-5-3-4-20(16-21)17-27-12-14-33-15-13-27/h2-11,16,18,24,30H,1,12-15,17H2,(H,26,29)/b9-6+. The molecule has 1 amide bonds. The van der Waals surface area contributed by atoms with Gasteiger partial charge in [0.1, 0.15) is 5.25 Å². The van der Waals surface area contributed by atoms with Crippen LogP contribution in [0.3, 0.4) is 0 Å². The number of carbonyl (C=O) groups excluding carboxylic acids is 1. The third kappa shape index (κ3) is 5.98. The second-order valence-electron chi connectivity index (χ2n) is 8.08. The first-order valence-corrected chi connectivity index (χ1v) is 13.4. The van der Waals surface area contributed by atoms with Gasteiger partial charge in [-0.2, -0.15) is 0 Å². The Kier molecular flexibility index (Phi) is 7.99. The zero-order valence-corrected chi connectivity index (χ0v) is 20.7. The first-order valence-electron chi connectivity index (χ1n) is 11.1. The van der Waals surface area contributed by atoms with Crippen LogP contribution in [0.1, 0.15) is 21.3 Å². The fraction of sp³-hybridized carbons (Fsp3) is 0.240. The van der Waals surface area contributed by atoms with Gasteiger partial charge in [0.25, 0.3) is 5.91 Å². The molecule has 1 atom stereocenters. The van der Waals surface area contributed by atoms with Crippen molar-refractivity contribution < 1.29 is 23.2 Å². The predicted molar refractivity (Wildman–Crippen MR) is 137 cm³/mol. The second-order valence-corrected chi connectivity index (χ2v) is 11.2. The van der Waals surface area contributed by atoms with Crippen molar-refractivity contribution in [2.45, 2.75) is 11.8 Å². The van der Waals surface area contributed by atoms with Crippen molar-refractivity contribution in [3.63, 3.8) is 0 Å². The van der Waals surface area contributed by atoms with E-state index in [0.29, 0.717) is 10.4 Å². The smallest absolute Gasteiger partial charge is 0.267 e. The number of rotatable bonds is 9. The van der Waals surface area contributed by atoms with Crippen LogP contribution in [0, 0.1) is 0 Å². The zero-order chi connectivity index (χ0) is 24.8. The van der Waals surface area contributed by atoms with Crippen LogP contribution >= 0.6 is 11.3 Å². The van der Waals surface area contributed by atoms with Crippen LogP contribution in [0.25, 0.3) is 16.5 Å². The minimum absolute atomic E-state index is 0.504. The van der Waals surface area contributed by atoms with E-state index in [4.69, 9.17) is 9.94 Å². The van der Waals surface area contributed by atoms with E-state index in [1.165, 1.54) is 46.9 Å². The predicted octanol–water partition coefficient (Wildman–Crippen LogP) is 3.67. The van der Waals surface area contributed by atoms with Crippen molar-refractivity contribution in [1.29, 1.82) is 0 Å². The van der Waals surface area contributed by atoms with Crippen molar-refractivity contribution in [3.8, 4) is 10.4 Å². The van der Waals surface area contributed by atoms with Gasteiger partial charge in [0.2, 0.25) is 10.0 Å². The maximum atomic E-state index is 13.3. The number of hydrogen-bond donors (Lipinski definition) is 2. The number of hydroxylamine groups is 1. The van der Waals surface area contributed by atoms with Crippen molar-refractivity contribution >= 4 is 33.3 Å². The van der Waals surface area contributed by atoms with Crippen LogP contribution in [0.4, 0.5) is 0 Å². The third-order valence-corrected chi connectivity index (χ3v) is 8.95. The average Bonchev–Trinajstić information content (AvgIpc) is 3.54. The van der Waals surface area contributed by atoms with Crippen molar-refractivity contribution in [1.82, 2.24) is 14.4 Å². The molecule has 0 radical (unpaired) electrons. The van der Waals surface area contributed by atoms with Crippen LogP contribution in [0.15, 0.2) is 73.6 Å². The van der Waals surface area contributed by atoms with E-state index in [0.717, 1.165) is 53.3 Å². The van der Waals surface area contributed by atoms with Gasteiger partial charge in [-0.1, -0.05) is 24.3 Å². The number of thiophene rings is 1. The van der Waals surface area contributed by atoms with E-state index >= 15 is 0 Å². The van der Waals surface area contributed by atoms with Gasteiger partial charge in [-0.15, -0.1) is 17.9 Å². The molecule has 1 fully saturated rings. The van der Waals surface area contributed by atoms with E-state index < -0.39 is 21.2 Å². The molecule has 2 aromatic heterocycles. The topological polar surface area (TPSA) is 101 Å². The highest BCUT2D eigenvalue weighted by Crippen LogP contribution is 2.36. The second kappa shape index (κ2) is 11.1. The quantitative estimate of drug-likeness (QED) is 0.196. The Morgan fingerprint density at radius 1 is 1.23 bits per heavy atom. The van der Waals surface area contributed by atoms with E-state index in [2.05, 4.69) is 23.6 Å². The maximum Gasteiger partial charge on any atom is 0.267 e. The summed E-state index contributed by atoms with van der Waals surface area (Å²) in [4.78, 5) is 15.2. The number of morpholine rings is 1. The molecule has 184 valence electrons. The molecule has 3 aromatic rings. The molecule has 0 saturated carbocycles. The fourth-order valence-corrected chi connectivity index (χ4v) is 6.74. The number of benzene rings is 1. The highest BCUT2D eigenvalue weighted by molar-refractivity contribution is 7.90. The summed E-state index contributed by atoms with van der Waals surface area (Å²) in [6.45, 7) is 7.96. The first kappa shape index (κ1) is 25.1. The molecule has 35 heavy (non-hydrogen) atoms. The zero-order valence-electron chi connectivity index (χ0n) is 19.0. The molecule has 0 bridgehead atoms. The summed E-state index contributed by atoms with van der Waals surface area (Å²) in [5, 5.41) is 7.65. The van der Waals surface area contributed by atoms with Crippen LogP contribution in [0.5, 0.6) is 0 Å². The van der Waals surface area contributed by atoms with Gasteiger partial charge in [0.15, 0.2) is 0 Å². The Bertz CT molecular complexity index is 1320. The molecular formula is C25H27N3O5S2. The average molecular weight is 514 g/mol. The van der Waals surface area contributed by atoms with Gasteiger partial charge in [-0.05, 0) is 47.0 Å². The highest BCUT2D eigenvalue weighted by Gasteiger charge is 2.27. The summed E-state index contributed by atoms with van der Waals surface area (Å²) >= 11 is 1.43. The molecule has 3 heterocycles. The molecule has 8 nitrogen and oxygen atoms in total.